The van der Waals surface area contributed by atoms with Crippen LogP contribution < -0.4 is 5.32 Å². The smallest absolute Gasteiger partial charge is 0.220 e. The summed E-state index contributed by atoms with van der Waals surface area (Å²) in [6.07, 6.45) is 2.15. The molecule has 1 rings (SSSR count). The molecule has 0 unspecified atom stereocenters. The predicted octanol–water partition coefficient (Wildman–Crippen LogP) is 0.935. The first-order chi connectivity index (χ1) is 5.74. The van der Waals surface area contributed by atoms with Crippen LogP contribution >= 0.6 is 11.8 Å². The van der Waals surface area contributed by atoms with Crippen molar-refractivity contribution in [2.24, 2.45) is 0 Å². The van der Waals surface area contributed by atoms with Crippen molar-refractivity contribution in [3.63, 3.8) is 0 Å². The molecule has 0 radical (unpaired) electrons. The van der Waals surface area contributed by atoms with Gasteiger partial charge in [0.15, 0.2) is 0 Å². The number of carbonyl (C=O) groups is 2. The molecule has 1 aliphatic heterocycles. The molecule has 0 aromatic rings. The Hall–Kier alpha value is -0.510. The molecule has 4 heteroatoms. The summed E-state index contributed by atoms with van der Waals surface area (Å²) in [4.78, 5) is 22.1. The summed E-state index contributed by atoms with van der Waals surface area (Å²) in [5, 5.41) is 2.83. The maximum absolute atomic E-state index is 11.1. The van der Waals surface area contributed by atoms with Gasteiger partial charge >= 0.3 is 0 Å². The highest BCUT2D eigenvalue weighted by Crippen LogP contribution is 2.19. The van der Waals surface area contributed by atoms with Crippen LogP contribution in [0.25, 0.3) is 0 Å². The van der Waals surface area contributed by atoms with E-state index >= 15 is 0 Å². The number of nitrogens with one attached hydrogen (secondary N) is 1. The molecular formula is C8H13NO2S. The number of hydrogen-bond donors (Lipinski definition) is 1. The lowest BCUT2D eigenvalue weighted by Crippen LogP contribution is -2.36. The first-order valence-corrected chi connectivity index (χ1v) is 5.18. The molecule has 12 heavy (non-hydrogen) atoms. The Balaban J connectivity index is 2.30. The van der Waals surface area contributed by atoms with Crippen LogP contribution in [0.1, 0.15) is 26.2 Å². The first-order valence-electron chi connectivity index (χ1n) is 4.20. The van der Waals surface area contributed by atoms with E-state index in [0.29, 0.717) is 6.42 Å². The third kappa shape index (κ3) is 2.52. The van der Waals surface area contributed by atoms with Gasteiger partial charge in [0.25, 0.3) is 0 Å². The van der Waals surface area contributed by atoms with Crippen LogP contribution in [-0.4, -0.2) is 22.8 Å². The van der Waals surface area contributed by atoms with Gasteiger partial charge in [0.2, 0.25) is 11.0 Å². The van der Waals surface area contributed by atoms with Crippen molar-refractivity contribution in [2.45, 2.75) is 32.2 Å². The Bertz CT molecular complexity index is 193. The van der Waals surface area contributed by atoms with E-state index in [1.807, 2.05) is 6.92 Å². The van der Waals surface area contributed by atoms with Crippen LogP contribution in [0.5, 0.6) is 0 Å². The molecule has 68 valence electrons. The Morgan fingerprint density at radius 1 is 1.75 bits per heavy atom. The highest BCUT2D eigenvalue weighted by Gasteiger charge is 2.26. The quantitative estimate of drug-likeness (QED) is 0.715. The van der Waals surface area contributed by atoms with Crippen LogP contribution in [0.2, 0.25) is 0 Å². The Morgan fingerprint density at radius 2 is 2.50 bits per heavy atom. The van der Waals surface area contributed by atoms with E-state index in [1.165, 1.54) is 11.8 Å². The van der Waals surface area contributed by atoms with Crippen LogP contribution in [-0.2, 0) is 9.59 Å². The molecule has 3 nitrogen and oxygen atoms in total. The van der Waals surface area contributed by atoms with E-state index in [1.54, 1.807) is 0 Å². The lowest BCUT2D eigenvalue weighted by molar-refractivity contribution is -0.124. The molecule has 0 spiro atoms. The molecule has 0 bridgehead atoms. The average Bonchev–Trinajstić information content (AvgIpc) is 2.37. The highest BCUT2D eigenvalue weighted by molar-refractivity contribution is 8.14. The average molecular weight is 187 g/mol. The van der Waals surface area contributed by atoms with Crippen LogP contribution in [0, 0.1) is 0 Å². The number of hydrogen-bond acceptors (Lipinski definition) is 3. The topological polar surface area (TPSA) is 46.2 Å². The third-order valence-corrected chi connectivity index (χ3v) is 2.76. The first kappa shape index (κ1) is 9.58. The second-order valence-corrected chi connectivity index (χ2v) is 3.93. The van der Waals surface area contributed by atoms with Gasteiger partial charge in [-0.05, 0) is 12.8 Å². The standard InChI is InChI=1S/C8H13NO2S/c1-2-3-7(10)9-6-4-5-12-8(6)11/h6H,2-5H2,1H3,(H,9,10)/t6-/m1/s1. The summed E-state index contributed by atoms with van der Waals surface area (Å²) in [5.41, 5.74) is 0. The molecule has 1 heterocycles. The van der Waals surface area contributed by atoms with Gasteiger partial charge < -0.3 is 5.32 Å². The lowest BCUT2D eigenvalue weighted by atomic mass is 10.2. The van der Waals surface area contributed by atoms with Crippen molar-refractivity contribution in [3.05, 3.63) is 0 Å². The van der Waals surface area contributed by atoms with Crippen molar-refractivity contribution in [3.8, 4) is 0 Å². The van der Waals surface area contributed by atoms with Crippen molar-refractivity contribution in [1.82, 2.24) is 5.32 Å². The van der Waals surface area contributed by atoms with E-state index in [4.69, 9.17) is 0 Å². The monoisotopic (exact) mass is 187 g/mol. The molecule has 1 saturated heterocycles. The van der Waals surface area contributed by atoms with Crippen LogP contribution in [0.15, 0.2) is 0 Å². The molecule has 0 aromatic heterocycles. The van der Waals surface area contributed by atoms with E-state index in [2.05, 4.69) is 5.32 Å². The summed E-state index contributed by atoms with van der Waals surface area (Å²) in [6.45, 7) is 1.95. The van der Waals surface area contributed by atoms with Gasteiger partial charge in [0.05, 0.1) is 6.04 Å². The number of thioether (sulfide) groups is 1. The zero-order chi connectivity index (χ0) is 8.97. The predicted molar refractivity (Wildman–Crippen MR) is 48.9 cm³/mol. The van der Waals surface area contributed by atoms with Crippen molar-refractivity contribution < 1.29 is 9.59 Å². The molecule has 1 N–H and O–H groups in total. The highest BCUT2D eigenvalue weighted by atomic mass is 32.2. The zero-order valence-electron chi connectivity index (χ0n) is 7.13. The molecule has 1 atom stereocenters. The van der Waals surface area contributed by atoms with Gasteiger partial charge in [-0.1, -0.05) is 18.7 Å². The summed E-state index contributed by atoms with van der Waals surface area (Å²) in [5.74, 6) is 0.842. The van der Waals surface area contributed by atoms with Gasteiger partial charge in [0, 0.05) is 12.2 Å². The normalized spacial score (nSPS) is 22.8. The van der Waals surface area contributed by atoms with E-state index in [0.717, 1.165) is 18.6 Å². The minimum atomic E-state index is -0.214. The fourth-order valence-corrected chi connectivity index (χ4v) is 2.05. The minimum Gasteiger partial charge on any atom is -0.345 e. The Kier molecular flexibility index (Phi) is 3.59. The largest absolute Gasteiger partial charge is 0.345 e. The number of carbonyl (C=O) groups excluding carboxylic acids is 2. The maximum Gasteiger partial charge on any atom is 0.220 e. The number of rotatable bonds is 3. The molecule has 0 aromatic carbocycles. The van der Waals surface area contributed by atoms with Gasteiger partial charge in [-0.3, -0.25) is 9.59 Å². The van der Waals surface area contributed by atoms with E-state index in [9.17, 15) is 9.59 Å². The van der Waals surface area contributed by atoms with Gasteiger partial charge in [-0.2, -0.15) is 0 Å². The number of amides is 1. The summed E-state index contributed by atoms with van der Waals surface area (Å²) >= 11 is 1.31. The molecule has 1 amide bonds. The lowest BCUT2D eigenvalue weighted by Gasteiger charge is -2.08. The maximum atomic E-state index is 11.1. The fraction of sp³-hybridized carbons (Fsp3) is 0.750. The van der Waals surface area contributed by atoms with E-state index in [-0.39, 0.29) is 17.1 Å². The SMILES string of the molecule is CCCC(=O)N[C@@H]1CCSC1=O. The molecule has 1 fully saturated rings. The molecule has 0 saturated carbocycles. The van der Waals surface area contributed by atoms with E-state index < -0.39 is 0 Å². The summed E-state index contributed by atoms with van der Waals surface area (Å²) in [6, 6.07) is -0.214. The fourth-order valence-electron chi connectivity index (χ4n) is 1.12. The molecule has 0 aliphatic carbocycles. The molecule has 1 aliphatic rings. The third-order valence-electron chi connectivity index (χ3n) is 1.75. The van der Waals surface area contributed by atoms with Crippen molar-refractivity contribution in [1.29, 1.82) is 0 Å². The second kappa shape index (κ2) is 4.50. The summed E-state index contributed by atoms with van der Waals surface area (Å²) < 4.78 is 0. The summed E-state index contributed by atoms with van der Waals surface area (Å²) in [7, 11) is 0. The van der Waals surface area contributed by atoms with Crippen molar-refractivity contribution in [2.75, 3.05) is 5.75 Å². The van der Waals surface area contributed by atoms with Gasteiger partial charge in [-0.15, -0.1) is 0 Å². The van der Waals surface area contributed by atoms with Crippen LogP contribution in [0.4, 0.5) is 0 Å². The Morgan fingerprint density at radius 3 is 3.00 bits per heavy atom. The minimum absolute atomic E-state index is 0.00153. The Labute approximate surface area is 76.3 Å². The molecular weight excluding hydrogens is 174 g/mol. The zero-order valence-corrected chi connectivity index (χ0v) is 7.95. The second-order valence-electron chi connectivity index (χ2n) is 2.83. The van der Waals surface area contributed by atoms with Gasteiger partial charge in [-0.25, -0.2) is 0 Å². The van der Waals surface area contributed by atoms with Crippen molar-refractivity contribution >= 4 is 22.8 Å². The van der Waals surface area contributed by atoms with Gasteiger partial charge in [0.1, 0.15) is 0 Å². The van der Waals surface area contributed by atoms with Crippen LogP contribution in [0.3, 0.4) is 0 Å².